The van der Waals surface area contributed by atoms with Crippen LogP contribution in [0.1, 0.15) is 0 Å². The van der Waals surface area contributed by atoms with Gasteiger partial charge in [0.2, 0.25) is 0 Å². The molecule has 0 spiro atoms. The van der Waals surface area contributed by atoms with E-state index >= 15 is 0 Å². The summed E-state index contributed by atoms with van der Waals surface area (Å²) in [5.74, 6) is 1.67. The molecule has 0 atom stereocenters. The first-order valence-electron chi connectivity index (χ1n) is 19.2. The van der Waals surface area contributed by atoms with Gasteiger partial charge in [-0.05, 0) is 59.7 Å². The zero-order chi connectivity index (χ0) is 38.6. The van der Waals surface area contributed by atoms with E-state index in [2.05, 4.69) is 123 Å². The lowest BCUT2D eigenvalue weighted by molar-refractivity contribution is 1.07. The normalized spacial score (nSPS) is 11.4. The van der Waals surface area contributed by atoms with Crippen molar-refractivity contribution in [1.29, 1.82) is 0 Å². The largest absolute Gasteiger partial charge is 0.309 e. The lowest BCUT2D eigenvalue weighted by atomic mass is 9.98. The van der Waals surface area contributed by atoms with Gasteiger partial charge in [-0.2, -0.15) is 0 Å². The lowest BCUT2D eigenvalue weighted by Gasteiger charge is -2.14. The second-order valence-corrected chi connectivity index (χ2v) is 14.3. The molecule has 0 N–H and O–H groups in total. The third-order valence-electron chi connectivity index (χ3n) is 11.0. The van der Waals surface area contributed by atoms with Gasteiger partial charge in [0.25, 0.3) is 0 Å². The number of hydrogen-bond donors (Lipinski definition) is 0. The van der Waals surface area contributed by atoms with Crippen molar-refractivity contribution >= 4 is 49.3 Å². The van der Waals surface area contributed by atoms with Crippen LogP contribution in [0.2, 0.25) is 0 Å². The molecule has 0 aliphatic heterocycles. The summed E-state index contributed by atoms with van der Waals surface area (Å²) in [6, 6.07) is 66.7. The minimum absolute atomic E-state index is 0.513. The van der Waals surface area contributed by atoms with Gasteiger partial charge in [0.15, 0.2) is 23.2 Å². The highest BCUT2D eigenvalue weighted by Gasteiger charge is 2.22. The molecule has 0 unspecified atom stereocenters. The minimum atomic E-state index is 0.513. The van der Waals surface area contributed by atoms with Gasteiger partial charge in [-0.25, -0.2) is 19.8 Å². The highest BCUT2D eigenvalue weighted by atomic mass is 15.0. The third kappa shape index (κ3) is 5.37. The standard InChI is InChI=1S/C52H32N6/c1-53-45-31-36(52-55-50(34-17-6-2-7-18-34)54-51(56-52)35-19-8-3-9-20-35)29-30-39(45)41-26-16-27-42-44-33-47-43(32-48(44)58(49(41)42)38-23-12-5-13-24-38)40-25-14-15-28-46(40)57(47)37-21-10-4-11-22-37/h2-33H. The molecule has 3 aromatic heterocycles. The predicted octanol–water partition coefficient (Wildman–Crippen LogP) is 13.3. The van der Waals surface area contributed by atoms with E-state index in [0.29, 0.717) is 23.2 Å². The maximum absolute atomic E-state index is 8.50. The smallest absolute Gasteiger partial charge is 0.195 e. The van der Waals surface area contributed by atoms with Crippen LogP contribution in [-0.4, -0.2) is 24.1 Å². The number of rotatable bonds is 6. The van der Waals surface area contributed by atoms with Crippen LogP contribution in [0.15, 0.2) is 194 Å². The summed E-state index contributed by atoms with van der Waals surface area (Å²) < 4.78 is 4.73. The Morgan fingerprint density at radius 3 is 1.48 bits per heavy atom. The molecule has 0 aliphatic rings. The molecule has 8 aromatic carbocycles. The maximum atomic E-state index is 8.50. The van der Waals surface area contributed by atoms with Crippen molar-refractivity contribution in [3.8, 4) is 56.7 Å². The summed E-state index contributed by atoms with van der Waals surface area (Å²) in [6.07, 6.45) is 0. The number of nitrogens with zero attached hydrogens (tertiary/aromatic N) is 6. The van der Waals surface area contributed by atoms with Crippen molar-refractivity contribution < 1.29 is 0 Å². The molecule has 6 heteroatoms. The van der Waals surface area contributed by atoms with Crippen molar-refractivity contribution in [1.82, 2.24) is 24.1 Å². The summed E-state index contributed by atoms with van der Waals surface area (Å²) in [4.78, 5) is 18.9. The summed E-state index contributed by atoms with van der Waals surface area (Å²) >= 11 is 0. The zero-order valence-corrected chi connectivity index (χ0v) is 31.2. The van der Waals surface area contributed by atoms with Crippen LogP contribution in [0.5, 0.6) is 0 Å². The van der Waals surface area contributed by atoms with Crippen molar-refractivity contribution in [2.45, 2.75) is 0 Å². The number of aromatic nitrogens is 5. The second-order valence-electron chi connectivity index (χ2n) is 14.3. The van der Waals surface area contributed by atoms with E-state index in [-0.39, 0.29) is 0 Å². The van der Waals surface area contributed by atoms with Crippen LogP contribution >= 0.6 is 0 Å². The van der Waals surface area contributed by atoms with E-state index in [1.165, 1.54) is 16.3 Å². The molecule has 0 aliphatic carbocycles. The minimum Gasteiger partial charge on any atom is -0.309 e. The number of benzene rings is 8. The molecule has 0 radical (unpaired) electrons. The Hall–Kier alpha value is -8.14. The van der Waals surface area contributed by atoms with Crippen molar-refractivity contribution in [2.75, 3.05) is 0 Å². The molecule has 0 bridgehead atoms. The number of para-hydroxylation sites is 4. The Morgan fingerprint density at radius 1 is 0.362 bits per heavy atom. The average Bonchev–Trinajstić information content (AvgIpc) is 3.81. The van der Waals surface area contributed by atoms with Gasteiger partial charge in [0.05, 0.1) is 28.6 Å². The van der Waals surface area contributed by atoms with Gasteiger partial charge >= 0.3 is 0 Å². The fourth-order valence-electron chi connectivity index (χ4n) is 8.37. The Kier molecular flexibility index (Phi) is 7.76. The molecule has 0 saturated carbocycles. The molecule has 58 heavy (non-hydrogen) atoms. The quantitative estimate of drug-likeness (QED) is 0.160. The van der Waals surface area contributed by atoms with Crippen LogP contribution in [-0.2, 0) is 0 Å². The van der Waals surface area contributed by atoms with Crippen LogP contribution in [0.4, 0.5) is 5.69 Å². The van der Waals surface area contributed by atoms with Crippen LogP contribution in [0.25, 0.3) is 105 Å². The van der Waals surface area contributed by atoms with Gasteiger partial charge in [0.1, 0.15) is 0 Å². The first-order chi connectivity index (χ1) is 28.7. The summed E-state index contributed by atoms with van der Waals surface area (Å²) in [7, 11) is 0. The Morgan fingerprint density at radius 2 is 0.862 bits per heavy atom. The van der Waals surface area contributed by atoms with Gasteiger partial charge in [-0.15, -0.1) is 0 Å². The first kappa shape index (κ1) is 33.2. The van der Waals surface area contributed by atoms with Crippen molar-refractivity contribution in [3.05, 3.63) is 206 Å². The van der Waals surface area contributed by atoms with Crippen LogP contribution in [0, 0.1) is 6.57 Å². The molecule has 270 valence electrons. The highest BCUT2D eigenvalue weighted by molar-refractivity contribution is 6.21. The number of hydrogen-bond acceptors (Lipinski definition) is 3. The van der Waals surface area contributed by atoms with Crippen LogP contribution < -0.4 is 0 Å². The van der Waals surface area contributed by atoms with Gasteiger partial charge in [-0.3, -0.25) is 0 Å². The van der Waals surface area contributed by atoms with E-state index in [4.69, 9.17) is 21.5 Å². The molecular weight excluding hydrogens is 709 g/mol. The van der Waals surface area contributed by atoms with Crippen LogP contribution in [0.3, 0.4) is 0 Å². The van der Waals surface area contributed by atoms with Crippen molar-refractivity contribution in [2.24, 2.45) is 0 Å². The molecule has 11 rings (SSSR count). The first-order valence-corrected chi connectivity index (χ1v) is 19.2. The molecule has 0 amide bonds. The van der Waals surface area contributed by atoms with E-state index in [1.807, 2.05) is 84.9 Å². The Balaban J connectivity index is 1.15. The fourth-order valence-corrected chi connectivity index (χ4v) is 8.37. The molecule has 0 saturated heterocycles. The molecular formula is C52H32N6. The molecule has 6 nitrogen and oxygen atoms in total. The summed E-state index contributed by atoms with van der Waals surface area (Å²) in [5, 5.41) is 4.63. The van der Waals surface area contributed by atoms with Gasteiger partial charge in [-0.1, -0.05) is 146 Å². The summed E-state index contributed by atoms with van der Waals surface area (Å²) in [6.45, 7) is 8.50. The lowest BCUT2D eigenvalue weighted by Crippen LogP contribution is -2.00. The summed E-state index contributed by atoms with van der Waals surface area (Å²) in [5.41, 5.74) is 11.5. The van der Waals surface area contributed by atoms with E-state index < -0.39 is 0 Å². The highest BCUT2D eigenvalue weighted by Crippen LogP contribution is 2.44. The molecule has 0 fully saturated rings. The third-order valence-corrected chi connectivity index (χ3v) is 11.0. The predicted molar refractivity (Wildman–Crippen MR) is 237 cm³/mol. The average molecular weight is 741 g/mol. The fraction of sp³-hybridized carbons (Fsp3) is 0. The van der Waals surface area contributed by atoms with Gasteiger partial charge < -0.3 is 9.13 Å². The van der Waals surface area contributed by atoms with E-state index in [0.717, 1.165) is 66.5 Å². The molecule has 11 aromatic rings. The monoisotopic (exact) mass is 740 g/mol. The Labute approximate surface area is 334 Å². The maximum Gasteiger partial charge on any atom is 0.195 e. The van der Waals surface area contributed by atoms with Crippen molar-refractivity contribution in [3.63, 3.8) is 0 Å². The van der Waals surface area contributed by atoms with Gasteiger partial charge in [0, 0.05) is 49.6 Å². The topological polar surface area (TPSA) is 52.9 Å². The second kappa shape index (κ2) is 13.6. The zero-order valence-electron chi connectivity index (χ0n) is 31.2. The number of fused-ring (bicyclic) bond motifs is 6. The molecule has 3 heterocycles. The Bertz CT molecular complexity index is 3320. The van der Waals surface area contributed by atoms with E-state index in [1.54, 1.807) is 0 Å². The SMILES string of the molecule is [C-]#[N+]c1cc(-c2nc(-c3ccccc3)nc(-c3ccccc3)n2)ccc1-c1cccc2c3cc4c(cc3n(-c3ccccc3)c12)c1ccccc1n4-c1ccccc1. The van der Waals surface area contributed by atoms with E-state index in [9.17, 15) is 0 Å².